The molecule has 0 unspecified atom stereocenters. The lowest BCUT2D eigenvalue weighted by atomic mass is 10.0. The number of pyridine rings is 1. The minimum atomic E-state index is -0.338. The molecule has 0 amide bonds. The van der Waals surface area contributed by atoms with Crippen molar-refractivity contribution in [3.8, 4) is 0 Å². The van der Waals surface area contributed by atoms with Gasteiger partial charge in [0.25, 0.3) is 0 Å². The van der Waals surface area contributed by atoms with Crippen LogP contribution in [0.5, 0.6) is 0 Å². The molecule has 1 aliphatic carbocycles. The monoisotopic (exact) mass is 423 g/mol. The molecule has 152 valence electrons. The zero-order chi connectivity index (χ0) is 20.8. The van der Waals surface area contributed by atoms with Gasteiger partial charge in [0.15, 0.2) is 5.65 Å². The van der Waals surface area contributed by atoms with Gasteiger partial charge in [0.05, 0.1) is 28.2 Å². The highest BCUT2D eigenvalue weighted by molar-refractivity contribution is 6.33. The van der Waals surface area contributed by atoms with Crippen molar-refractivity contribution in [2.24, 2.45) is 0 Å². The van der Waals surface area contributed by atoms with Crippen molar-refractivity contribution in [1.82, 2.24) is 24.7 Å². The first-order chi connectivity index (χ1) is 14.5. The molecule has 1 aliphatic rings. The second-order valence-corrected chi connectivity index (χ2v) is 7.92. The lowest BCUT2D eigenvalue weighted by Crippen LogP contribution is -2.06. The minimum Gasteiger partial charge on any atom is -0.383 e. The zero-order valence-corrected chi connectivity index (χ0v) is 16.8. The first-order valence-corrected chi connectivity index (χ1v) is 10.0. The molecular formula is C21H19ClFN7. The van der Waals surface area contributed by atoms with Gasteiger partial charge in [-0.15, -0.1) is 0 Å². The number of nitrogen functional groups attached to an aromatic ring is 2. The van der Waals surface area contributed by atoms with Crippen LogP contribution in [0.1, 0.15) is 30.9 Å². The number of nitrogens with zero attached hydrogens (tertiary/aromatic N) is 5. The Morgan fingerprint density at radius 3 is 2.83 bits per heavy atom. The van der Waals surface area contributed by atoms with E-state index in [4.69, 9.17) is 23.1 Å². The molecule has 0 radical (unpaired) electrons. The third kappa shape index (κ3) is 3.23. The van der Waals surface area contributed by atoms with Crippen LogP contribution in [-0.4, -0.2) is 24.7 Å². The molecule has 0 aliphatic heterocycles. The number of hydrogen-bond donors (Lipinski definition) is 2. The fraction of sp³-hybridized carbons (Fsp3) is 0.238. The maximum absolute atomic E-state index is 14.5. The molecule has 4 N–H and O–H groups in total. The van der Waals surface area contributed by atoms with Gasteiger partial charge in [-0.25, -0.2) is 24.0 Å². The SMILES string of the molecule is Nc1nc2cc(CCC3=C[C@@H](n4ncc5c(N)ncnc54)CC3)cc(F)c2cc1Cl. The first-order valence-electron chi connectivity index (χ1n) is 9.67. The Balaban J connectivity index is 1.35. The molecule has 7 nitrogen and oxygen atoms in total. The number of anilines is 2. The summed E-state index contributed by atoms with van der Waals surface area (Å²) in [5, 5.41) is 5.86. The number of halogens is 2. The highest BCUT2D eigenvalue weighted by Crippen LogP contribution is 2.33. The Labute approximate surface area is 176 Å². The summed E-state index contributed by atoms with van der Waals surface area (Å²) in [5.74, 6) is 0.302. The molecule has 0 saturated heterocycles. The van der Waals surface area contributed by atoms with Gasteiger partial charge < -0.3 is 11.5 Å². The van der Waals surface area contributed by atoms with Crippen molar-refractivity contribution in [3.05, 3.63) is 58.8 Å². The van der Waals surface area contributed by atoms with Gasteiger partial charge >= 0.3 is 0 Å². The Hall–Kier alpha value is -3.26. The Morgan fingerprint density at radius 2 is 1.97 bits per heavy atom. The van der Waals surface area contributed by atoms with E-state index < -0.39 is 0 Å². The van der Waals surface area contributed by atoms with E-state index in [2.05, 4.69) is 26.1 Å². The number of hydrogen-bond acceptors (Lipinski definition) is 6. The van der Waals surface area contributed by atoms with Crippen molar-refractivity contribution in [3.63, 3.8) is 0 Å². The molecule has 5 rings (SSSR count). The maximum Gasteiger partial charge on any atom is 0.163 e. The molecule has 3 heterocycles. The largest absolute Gasteiger partial charge is 0.383 e. The van der Waals surface area contributed by atoms with Crippen LogP contribution in [-0.2, 0) is 6.42 Å². The van der Waals surface area contributed by atoms with E-state index in [1.54, 1.807) is 12.3 Å². The Kier molecular flexibility index (Phi) is 4.51. The second-order valence-electron chi connectivity index (χ2n) is 7.52. The van der Waals surface area contributed by atoms with E-state index in [1.165, 1.54) is 18.0 Å². The van der Waals surface area contributed by atoms with Crippen molar-refractivity contribution >= 4 is 45.2 Å². The fourth-order valence-corrected chi connectivity index (χ4v) is 4.17. The van der Waals surface area contributed by atoms with Crippen LogP contribution in [0.25, 0.3) is 21.9 Å². The average Bonchev–Trinajstić information content (AvgIpc) is 3.35. The normalized spacial score (nSPS) is 16.5. The predicted octanol–water partition coefficient (Wildman–Crippen LogP) is 4.23. The van der Waals surface area contributed by atoms with Crippen LogP contribution in [0.3, 0.4) is 0 Å². The summed E-state index contributed by atoms with van der Waals surface area (Å²) in [6.45, 7) is 0. The van der Waals surface area contributed by atoms with Gasteiger partial charge in [0.1, 0.15) is 23.8 Å². The minimum absolute atomic E-state index is 0.128. The smallest absolute Gasteiger partial charge is 0.163 e. The average molecular weight is 424 g/mol. The molecule has 0 spiro atoms. The van der Waals surface area contributed by atoms with E-state index in [0.29, 0.717) is 23.1 Å². The molecule has 1 atom stereocenters. The van der Waals surface area contributed by atoms with E-state index in [9.17, 15) is 4.39 Å². The summed E-state index contributed by atoms with van der Waals surface area (Å²) in [6.07, 6.45) is 8.84. The van der Waals surface area contributed by atoms with Crippen LogP contribution in [0.15, 0.2) is 42.4 Å². The number of rotatable bonds is 4. The quantitative estimate of drug-likeness (QED) is 0.475. The van der Waals surface area contributed by atoms with E-state index in [1.807, 2.05) is 10.7 Å². The van der Waals surface area contributed by atoms with Gasteiger partial charge in [-0.05, 0) is 49.4 Å². The van der Waals surface area contributed by atoms with Crippen molar-refractivity contribution < 1.29 is 4.39 Å². The van der Waals surface area contributed by atoms with Crippen LogP contribution in [0.4, 0.5) is 16.0 Å². The van der Waals surface area contributed by atoms with Gasteiger partial charge in [0, 0.05) is 5.39 Å². The Morgan fingerprint density at radius 1 is 1.10 bits per heavy atom. The number of fused-ring (bicyclic) bond motifs is 2. The molecule has 3 aromatic heterocycles. The van der Waals surface area contributed by atoms with E-state index in [0.717, 1.165) is 35.9 Å². The topological polar surface area (TPSA) is 109 Å². The van der Waals surface area contributed by atoms with Crippen molar-refractivity contribution in [2.45, 2.75) is 31.7 Å². The molecule has 30 heavy (non-hydrogen) atoms. The highest BCUT2D eigenvalue weighted by Gasteiger charge is 2.21. The molecule has 4 aromatic rings. The third-order valence-corrected chi connectivity index (χ3v) is 5.89. The van der Waals surface area contributed by atoms with Crippen molar-refractivity contribution in [2.75, 3.05) is 11.5 Å². The number of nitrogens with two attached hydrogens (primary N) is 2. The molecule has 0 bridgehead atoms. The summed E-state index contributed by atoms with van der Waals surface area (Å²) in [6, 6.07) is 5.07. The number of aryl methyl sites for hydroxylation is 1. The number of benzene rings is 1. The second kappa shape index (κ2) is 7.21. The molecule has 9 heteroatoms. The van der Waals surface area contributed by atoms with E-state index >= 15 is 0 Å². The molecular weight excluding hydrogens is 405 g/mol. The number of aromatic nitrogens is 5. The van der Waals surface area contributed by atoms with Gasteiger partial charge in [-0.1, -0.05) is 23.3 Å². The fourth-order valence-electron chi connectivity index (χ4n) is 4.02. The standard InChI is InChI=1S/C21H19ClFN7/c22-16-8-14-17(23)6-12(7-18(14)29-20(16)25)2-1-11-3-4-13(5-11)30-21-15(9-28-30)19(24)26-10-27-21/h5-10,13H,1-4H2,(H2,25,29)(H2,24,26,27)/t13-/m0/s1. The van der Waals surface area contributed by atoms with Crippen LogP contribution < -0.4 is 11.5 Å². The summed E-state index contributed by atoms with van der Waals surface area (Å²) in [4.78, 5) is 12.6. The summed E-state index contributed by atoms with van der Waals surface area (Å²) in [5.41, 5.74) is 15.1. The first kappa shape index (κ1) is 18.7. The van der Waals surface area contributed by atoms with Crippen molar-refractivity contribution in [1.29, 1.82) is 0 Å². The lowest BCUT2D eigenvalue weighted by molar-refractivity contribution is 0.541. The maximum atomic E-state index is 14.5. The summed E-state index contributed by atoms with van der Waals surface area (Å²) >= 11 is 5.96. The number of allylic oxidation sites excluding steroid dienone is 2. The molecule has 0 saturated carbocycles. The third-order valence-electron chi connectivity index (χ3n) is 5.58. The van der Waals surface area contributed by atoms with Crippen LogP contribution >= 0.6 is 11.6 Å². The Bertz CT molecular complexity index is 1310. The highest BCUT2D eigenvalue weighted by atomic mass is 35.5. The van der Waals surface area contributed by atoms with Gasteiger partial charge in [0.2, 0.25) is 0 Å². The van der Waals surface area contributed by atoms with Crippen LogP contribution in [0.2, 0.25) is 5.02 Å². The van der Waals surface area contributed by atoms with Crippen LogP contribution in [0, 0.1) is 5.82 Å². The van der Waals surface area contributed by atoms with E-state index in [-0.39, 0.29) is 22.7 Å². The summed E-state index contributed by atoms with van der Waals surface area (Å²) < 4.78 is 16.4. The van der Waals surface area contributed by atoms with Gasteiger partial charge in [-0.2, -0.15) is 5.10 Å². The zero-order valence-electron chi connectivity index (χ0n) is 16.0. The molecule has 0 fully saturated rings. The lowest BCUT2D eigenvalue weighted by Gasteiger charge is -2.08. The molecule has 1 aromatic carbocycles. The predicted molar refractivity (Wildman–Crippen MR) is 116 cm³/mol. The summed E-state index contributed by atoms with van der Waals surface area (Å²) in [7, 11) is 0. The van der Waals surface area contributed by atoms with Gasteiger partial charge in [-0.3, -0.25) is 0 Å².